The molecule has 0 aliphatic heterocycles. The van der Waals surface area contributed by atoms with Crippen LogP contribution in [0.15, 0.2) is 71.6 Å². The molecule has 0 saturated heterocycles. The van der Waals surface area contributed by atoms with E-state index in [9.17, 15) is 65.5 Å². The van der Waals surface area contributed by atoms with Crippen LogP contribution in [0.3, 0.4) is 0 Å². The molecular formula is C24H13Cl2F13O3S2. The second-order valence-corrected chi connectivity index (χ2v) is 11.3. The molecule has 1 N–H and O–H groups in total. The largest absolute Gasteiger partial charge is 0.460 e. The monoisotopic (exact) mass is 730 g/mol. The van der Waals surface area contributed by atoms with E-state index in [1.165, 1.54) is 0 Å². The summed E-state index contributed by atoms with van der Waals surface area (Å²) in [7, 11) is -7.61. The van der Waals surface area contributed by atoms with Gasteiger partial charge in [0.1, 0.15) is 0 Å². The molecule has 0 amide bonds. The summed E-state index contributed by atoms with van der Waals surface area (Å²) in [5, 5.41) is -6.06. The zero-order chi connectivity index (χ0) is 34.3. The van der Waals surface area contributed by atoms with Gasteiger partial charge in [0.25, 0.3) is 0 Å². The third-order valence-corrected chi connectivity index (χ3v) is 7.34. The molecule has 0 saturated carbocycles. The molecule has 3 rings (SSSR count). The van der Waals surface area contributed by atoms with Gasteiger partial charge in [0.15, 0.2) is 0 Å². The summed E-state index contributed by atoms with van der Waals surface area (Å²) in [6.45, 7) is 0. The van der Waals surface area contributed by atoms with Gasteiger partial charge < -0.3 is 0 Å². The fourth-order valence-corrected chi connectivity index (χ4v) is 4.29. The lowest BCUT2D eigenvalue weighted by Gasteiger charge is -2.38. The summed E-state index contributed by atoms with van der Waals surface area (Å²) in [5.41, 5.74) is 4.43. The van der Waals surface area contributed by atoms with Crippen molar-refractivity contribution in [3.63, 3.8) is 0 Å². The van der Waals surface area contributed by atoms with Gasteiger partial charge in [-0.25, -0.2) is 0 Å². The van der Waals surface area contributed by atoms with Gasteiger partial charge in [0.05, 0.1) is 0 Å². The molecule has 44 heavy (non-hydrogen) atoms. The second kappa shape index (κ2) is 12.4. The predicted molar refractivity (Wildman–Crippen MR) is 137 cm³/mol. The summed E-state index contributed by atoms with van der Waals surface area (Å²) in [4.78, 5) is 0.935. The van der Waals surface area contributed by atoms with Crippen LogP contribution < -0.4 is 0 Å². The van der Waals surface area contributed by atoms with Gasteiger partial charge in [-0.2, -0.15) is 65.5 Å². The minimum Gasteiger partial charge on any atom is -0.281 e. The van der Waals surface area contributed by atoms with Crippen LogP contribution in [0.25, 0.3) is 22.3 Å². The zero-order valence-corrected chi connectivity index (χ0v) is 23.9. The van der Waals surface area contributed by atoms with Gasteiger partial charge in [0.2, 0.25) is 0 Å². The number of rotatable bonds is 7. The Balaban J connectivity index is 0.000000307. The van der Waals surface area contributed by atoms with E-state index >= 15 is 0 Å². The van der Waals surface area contributed by atoms with Crippen molar-refractivity contribution in [2.75, 3.05) is 0 Å². The molecule has 0 bridgehead atoms. The van der Waals surface area contributed by atoms with Crippen molar-refractivity contribution in [2.24, 2.45) is 0 Å². The van der Waals surface area contributed by atoms with Crippen molar-refractivity contribution in [3.8, 4) is 22.3 Å². The number of alkyl halides is 13. The van der Waals surface area contributed by atoms with Crippen LogP contribution in [0.4, 0.5) is 57.1 Å². The van der Waals surface area contributed by atoms with Crippen molar-refractivity contribution < 1.29 is 70.0 Å². The quantitative estimate of drug-likeness (QED) is 0.145. The Morgan fingerprint density at radius 1 is 0.568 bits per heavy atom. The van der Waals surface area contributed by atoms with Crippen LogP contribution in [0.1, 0.15) is 0 Å². The maximum atomic E-state index is 12.7. The highest BCUT2D eigenvalue weighted by Crippen LogP contribution is 2.60. The Hall–Kier alpha value is -2.41. The van der Waals surface area contributed by atoms with Crippen LogP contribution in [0.5, 0.6) is 0 Å². The van der Waals surface area contributed by atoms with Gasteiger partial charge in [-0.1, -0.05) is 59.6 Å². The Labute approximate surface area is 254 Å². The van der Waals surface area contributed by atoms with E-state index in [0.717, 1.165) is 37.2 Å². The van der Waals surface area contributed by atoms with Crippen LogP contribution >= 0.6 is 35.8 Å². The molecule has 3 aromatic rings. The molecule has 0 atom stereocenters. The smallest absolute Gasteiger partial charge is 0.281 e. The average Bonchev–Trinajstić information content (AvgIpc) is 2.88. The summed E-state index contributed by atoms with van der Waals surface area (Å²) < 4.78 is 188. The van der Waals surface area contributed by atoms with Crippen molar-refractivity contribution in [3.05, 3.63) is 76.8 Å². The van der Waals surface area contributed by atoms with E-state index in [-0.39, 0.29) is 0 Å². The Morgan fingerprint density at radius 2 is 0.955 bits per heavy atom. The fraction of sp³-hybridized carbons (Fsp3) is 0.250. The van der Waals surface area contributed by atoms with E-state index in [1.807, 2.05) is 60.7 Å². The molecule has 0 unspecified atom stereocenters. The number of thiol groups is 1. The minimum atomic E-state index is -8.25. The Kier molecular flexibility index (Phi) is 10.7. The molecule has 244 valence electrons. The zero-order valence-electron chi connectivity index (χ0n) is 20.6. The maximum absolute atomic E-state index is 12.7. The highest BCUT2D eigenvalue weighted by atomic mass is 35.5. The van der Waals surface area contributed by atoms with E-state index in [1.54, 1.807) is 0 Å². The molecule has 0 aromatic heterocycles. The van der Waals surface area contributed by atoms with Crippen LogP contribution in [-0.2, 0) is 10.1 Å². The van der Waals surface area contributed by atoms with E-state index < -0.39 is 45.2 Å². The predicted octanol–water partition coefficient (Wildman–Crippen LogP) is 10.2. The lowest BCUT2D eigenvalue weighted by Crippen LogP contribution is -2.71. The van der Waals surface area contributed by atoms with Gasteiger partial charge in [-0.3, -0.25) is 4.55 Å². The Morgan fingerprint density at radius 3 is 1.34 bits per heavy atom. The number of benzene rings is 3. The lowest BCUT2D eigenvalue weighted by molar-refractivity contribution is -0.433. The number of hydrogen-bond acceptors (Lipinski definition) is 3. The molecular weight excluding hydrogens is 718 g/mol. The average molecular weight is 731 g/mol. The molecule has 20 heteroatoms. The molecule has 0 radical (unpaired) electrons. The van der Waals surface area contributed by atoms with Crippen molar-refractivity contribution in [1.82, 2.24) is 0 Å². The fourth-order valence-electron chi connectivity index (χ4n) is 3.25. The van der Waals surface area contributed by atoms with Gasteiger partial charge in [-0.15, -0.1) is 12.6 Å². The second-order valence-electron chi connectivity index (χ2n) is 8.50. The Bertz CT molecular complexity index is 1580. The molecule has 3 aromatic carbocycles. The third-order valence-electron chi connectivity index (χ3n) is 5.56. The molecule has 0 aliphatic carbocycles. The first-order chi connectivity index (χ1) is 19.6. The summed E-state index contributed by atoms with van der Waals surface area (Å²) in [5.74, 6) is -32.5. The molecule has 0 heterocycles. The SMILES string of the molecule is O=S(=O)(O)C(F)(F)C(F)(F)C(F)(F)C(F)(F)C(F)(F)C(F)(F)F.Sc1cccc(-c2ccc(Cl)cc2)c1-c1ccc(Cl)cc1. The summed E-state index contributed by atoms with van der Waals surface area (Å²) >= 11 is 16.6. The first-order valence-electron chi connectivity index (χ1n) is 10.9. The van der Waals surface area contributed by atoms with Crippen molar-refractivity contribution in [1.29, 1.82) is 0 Å². The van der Waals surface area contributed by atoms with E-state index in [4.69, 9.17) is 27.8 Å². The topological polar surface area (TPSA) is 54.4 Å². The summed E-state index contributed by atoms with van der Waals surface area (Å²) in [6, 6.07) is 21.7. The van der Waals surface area contributed by atoms with Crippen LogP contribution in [0, 0.1) is 0 Å². The van der Waals surface area contributed by atoms with Crippen molar-refractivity contribution >= 4 is 45.9 Å². The number of hydrogen-bond donors (Lipinski definition) is 2. The van der Waals surface area contributed by atoms with E-state index in [0.29, 0.717) is 0 Å². The normalized spacial score (nSPS) is 13.8. The van der Waals surface area contributed by atoms with Crippen LogP contribution in [0.2, 0.25) is 10.0 Å². The summed E-state index contributed by atoms with van der Waals surface area (Å²) in [6.07, 6.45) is -7.59. The molecule has 0 aliphatic rings. The van der Waals surface area contributed by atoms with Gasteiger partial charge in [0, 0.05) is 20.5 Å². The molecule has 0 fully saturated rings. The molecule has 0 spiro atoms. The van der Waals surface area contributed by atoms with E-state index in [2.05, 4.69) is 18.7 Å². The lowest BCUT2D eigenvalue weighted by atomic mass is 9.94. The maximum Gasteiger partial charge on any atom is 0.460 e. The molecule has 3 nitrogen and oxygen atoms in total. The third kappa shape index (κ3) is 6.73. The van der Waals surface area contributed by atoms with Crippen LogP contribution in [-0.4, -0.2) is 48.1 Å². The van der Waals surface area contributed by atoms with Gasteiger partial charge >= 0.3 is 45.2 Å². The highest BCUT2D eigenvalue weighted by molar-refractivity contribution is 7.87. The highest BCUT2D eigenvalue weighted by Gasteiger charge is 2.92. The minimum absolute atomic E-state index is 0.725. The van der Waals surface area contributed by atoms with Gasteiger partial charge in [-0.05, 0) is 47.0 Å². The first kappa shape index (κ1) is 37.8. The first-order valence-corrected chi connectivity index (χ1v) is 13.6. The van der Waals surface area contributed by atoms with Crippen molar-refractivity contribution in [2.45, 2.75) is 40.0 Å². The number of halogens is 15. The standard InChI is InChI=1S/C18H12Cl2S.C6HF13O3S/c19-14-8-4-12(5-9-14)16-2-1-3-17(21)18(16)13-6-10-15(20)11-7-13;7-1(8,3(11,12)5(15,16)17)2(9,10)4(13,14)6(18,19)23(20,21)22/h1-11,21H;(H,20,21,22).